The van der Waals surface area contributed by atoms with Crippen LogP contribution in [-0.2, 0) is 14.2 Å². The average molecular weight is 174 g/mol. The predicted octanol–water partition coefficient (Wildman–Crippen LogP) is -0.452. The summed E-state index contributed by atoms with van der Waals surface area (Å²) in [6.07, 6.45) is -0.00194. The lowest BCUT2D eigenvalue weighted by molar-refractivity contribution is -0.0600. The Hall–Kier alpha value is -0.160. The Kier molecular flexibility index (Phi) is 2.08. The Bertz CT molecular complexity index is 168. The molecule has 2 aliphatic rings. The van der Waals surface area contributed by atoms with E-state index in [2.05, 4.69) is 0 Å². The zero-order chi connectivity index (χ0) is 8.72. The van der Waals surface area contributed by atoms with Gasteiger partial charge in [-0.1, -0.05) is 0 Å². The molecule has 12 heavy (non-hydrogen) atoms. The van der Waals surface area contributed by atoms with Gasteiger partial charge in [-0.2, -0.15) is 0 Å². The van der Waals surface area contributed by atoms with Gasteiger partial charge in [-0.25, -0.2) is 0 Å². The summed E-state index contributed by atoms with van der Waals surface area (Å²) in [5.74, 6) is 0. The standard InChI is InChI=1S/C8H14O4/c1-10-4-3-5-7(11-2)6(9)8(4)12-5/h4-9H,3H2,1-2H3/t4-,5-,6+,7+,8+/m1/s1. The number of methoxy groups -OCH3 is 2. The summed E-state index contributed by atoms with van der Waals surface area (Å²) in [5.41, 5.74) is 0. The van der Waals surface area contributed by atoms with Gasteiger partial charge in [0.15, 0.2) is 0 Å². The fraction of sp³-hybridized carbons (Fsp3) is 1.00. The molecule has 2 fully saturated rings. The van der Waals surface area contributed by atoms with Crippen LogP contribution in [0.2, 0.25) is 0 Å². The van der Waals surface area contributed by atoms with Crippen molar-refractivity contribution in [3.05, 3.63) is 0 Å². The minimum atomic E-state index is -0.529. The SMILES string of the molecule is CO[C@@H]1[C@H](O)[C@H]2O[C@@H]1C[C@H]2OC. The third-order valence-corrected chi connectivity index (χ3v) is 2.78. The van der Waals surface area contributed by atoms with Gasteiger partial charge in [-0.15, -0.1) is 0 Å². The number of fused-ring (bicyclic) bond motifs is 2. The van der Waals surface area contributed by atoms with Crippen molar-refractivity contribution in [1.82, 2.24) is 0 Å². The number of rotatable bonds is 2. The highest BCUT2D eigenvalue weighted by molar-refractivity contribution is 5.03. The first-order chi connectivity index (χ1) is 5.77. The maximum Gasteiger partial charge on any atom is 0.113 e. The van der Waals surface area contributed by atoms with Crippen molar-refractivity contribution < 1.29 is 19.3 Å². The lowest BCUT2D eigenvalue weighted by Crippen LogP contribution is -2.45. The zero-order valence-corrected chi connectivity index (χ0v) is 7.27. The Balaban J connectivity index is 2.07. The molecular weight excluding hydrogens is 160 g/mol. The normalized spacial score (nSPS) is 51.8. The summed E-state index contributed by atoms with van der Waals surface area (Å²) in [4.78, 5) is 0. The molecule has 0 saturated carbocycles. The van der Waals surface area contributed by atoms with E-state index < -0.39 is 6.10 Å². The molecule has 0 aliphatic carbocycles. The number of aliphatic hydroxyl groups is 1. The number of hydrogen-bond acceptors (Lipinski definition) is 4. The molecule has 0 amide bonds. The Morgan fingerprint density at radius 3 is 2.58 bits per heavy atom. The first-order valence-corrected chi connectivity index (χ1v) is 4.17. The van der Waals surface area contributed by atoms with Crippen LogP contribution < -0.4 is 0 Å². The maximum absolute atomic E-state index is 9.65. The summed E-state index contributed by atoms with van der Waals surface area (Å²) >= 11 is 0. The Morgan fingerprint density at radius 1 is 1.33 bits per heavy atom. The maximum atomic E-state index is 9.65. The molecule has 5 atom stereocenters. The van der Waals surface area contributed by atoms with Crippen LogP contribution in [0.1, 0.15) is 6.42 Å². The quantitative estimate of drug-likeness (QED) is 0.616. The Labute approximate surface area is 71.4 Å². The second kappa shape index (κ2) is 2.96. The van der Waals surface area contributed by atoms with Crippen LogP contribution in [0, 0.1) is 0 Å². The molecule has 0 spiro atoms. The summed E-state index contributed by atoms with van der Waals surface area (Å²) < 4.78 is 15.8. The second-order valence-corrected chi connectivity index (χ2v) is 3.34. The molecule has 2 bridgehead atoms. The van der Waals surface area contributed by atoms with Gasteiger partial charge >= 0.3 is 0 Å². The highest BCUT2D eigenvalue weighted by Crippen LogP contribution is 2.37. The lowest BCUT2D eigenvalue weighted by Gasteiger charge is -2.27. The van der Waals surface area contributed by atoms with Crippen molar-refractivity contribution in [2.45, 2.75) is 36.9 Å². The monoisotopic (exact) mass is 174 g/mol. The minimum absolute atomic E-state index is 0.0138. The van der Waals surface area contributed by atoms with E-state index in [1.165, 1.54) is 0 Å². The van der Waals surface area contributed by atoms with Crippen molar-refractivity contribution >= 4 is 0 Å². The highest BCUT2D eigenvalue weighted by atomic mass is 16.6. The number of aliphatic hydroxyl groups excluding tert-OH is 1. The summed E-state index contributed by atoms with van der Waals surface area (Å²) in [6, 6.07) is 0. The molecule has 1 N–H and O–H groups in total. The van der Waals surface area contributed by atoms with Crippen LogP contribution in [0.3, 0.4) is 0 Å². The van der Waals surface area contributed by atoms with Crippen molar-refractivity contribution in [3.63, 3.8) is 0 Å². The van der Waals surface area contributed by atoms with Gasteiger partial charge in [0.1, 0.15) is 18.3 Å². The second-order valence-electron chi connectivity index (χ2n) is 3.34. The third-order valence-electron chi connectivity index (χ3n) is 2.78. The third kappa shape index (κ3) is 0.992. The molecule has 2 heterocycles. The van der Waals surface area contributed by atoms with Gasteiger partial charge in [0.2, 0.25) is 0 Å². The molecule has 0 aromatic rings. The minimum Gasteiger partial charge on any atom is -0.387 e. The first-order valence-electron chi connectivity index (χ1n) is 4.17. The molecule has 0 aromatic heterocycles. The van der Waals surface area contributed by atoms with E-state index in [1.54, 1.807) is 14.2 Å². The molecule has 0 radical (unpaired) electrons. The first kappa shape index (κ1) is 8.44. The van der Waals surface area contributed by atoms with Crippen LogP contribution in [0.15, 0.2) is 0 Å². The molecule has 2 rings (SSSR count). The van der Waals surface area contributed by atoms with E-state index in [0.717, 1.165) is 6.42 Å². The average Bonchev–Trinajstić information content (AvgIpc) is 2.60. The van der Waals surface area contributed by atoms with E-state index in [4.69, 9.17) is 14.2 Å². The van der Waals surface area contributed by atoms with Gasteiger partial charge in [-0.3, -0.25) is 0 Å². The van der Waals surface area contributed by atoms with Crippen LogP contribution in [0.25, 0.3) is 0 Å². The smallest absolute Gasteiger partial charge is 0.113 e. The summed E-state index contributed by atoms with van der Waals surface area (Å²) in [6.45, 7) is 0. The largest absolute Gasteiger partial charge is 0.387 e. The van der Waals surface area contributed by atoms with Crippen molar-refractivity contribution in [2.24, 2.45) is 0 Å². The number of ether oxygens (including phenoxy) is 3. The molecule has 0 aromatic carbocycles. The van der Waals surface area contributed by atoms with Gasteiger partial charge < -0.3 is 19.3 Å². The molecule has 2 saturated heterocycles. The van der Waals surface area contributed by atoms with Gasteiger partial charge in [-0.05, 0) is 0 Å². The van der Waals surface area contributed by atoms with Crippen LogP contribution in [0.4, 0.5) is 0 Å². The number of hydrogen-bond donors (Lipinski definition) is 1. The molecule has 4 nitrogen and oxygen atoms in total. The zero-order valence-electron chi connectivity index (χ0n) is 7.27. The van der Waals surface area contributed by atoms with Gasteiger partial charge in [0.25, 0.3) is 0 Å². The van der Waals surface area contributed by atoms with Crippen molar-refractivity contribution in [1.29, 1.82) is 0 Å². The molecule has 70 valence electrons. The molecular formula is C8H14O4. The van der Waals surface area contributed by atoms with Gasteiger partial charge in [0, 0.05) is 20.6 Å². The fourth-order valence-corrected chi connectivity index (χ4v) is 2.15. The molecule has 4 heteroatoms. The van der Waals surface area contributed by atoms with E-state index in [-0.39, 0.29) is 24.4 Å². The van der Waals surface area contributed by atoms with E-state index in [0.29, 0.717) is 0 Å². The summed E-state index contributed by atoms with van der Waals surface area (Å²) in [7, 11) is 3.24. The Morgan fingerprint density at radius 2 is 2.08 bits per heavy atom. The lowest BCUT2D eigenvalue weighted by atomic mass is 9.92. The van der Waals surface area contributed by atoms with Crippen LogP contribution >= 0.6 is 0 Å². The van der Waals surface area contributed by atoms with Crippen LogP contribution in [0.5, 0.6) is 0 Å². The van der Waals surface area contributed by atoms with E-state index >= 15 is 0 Å². The van der Waals surface area contributed by atoms with E-state index in [1.807, 2.05) is 0 Å². The predicted molar refractivity (Wildman–Crippen MR) is 40.9 cm³/mol. The van der Waals surface area contributed by atoms with Crippen molar-refractivity contribution in [2.75, 3.05) is 14.2 Å². The molecule has 2 aliphatic heterocycles. The van der Waals surface area contributed by atoms with Gasteiger partial charge in [0.05, 0.1) is 12.2 Å². The highest BCUT2D eigenvalue weighted by Gasteiger charge is 2.54. The topological polar surface area (TPSA) is 47.9 Å². The van der Waals surface area contributed by atoms with Crippen LogP contribution in [-0.4, -0.2) is 49.8 Å². The van der Waals surface area contributed by atoms with Crippen molar-refractivity contribution in [3.8, 4) is 0 Å². The van der Waals surface area contributed by atoms with E-state index in [9.17, 15) is 5.11 Å². The fourth-order valence-electron chi connectivity index (χ4n) is 2.15. The molecule has 0 unspecified atom stereocenters. The summed E-state index contributed by atoms with van der Waals surface area (Å²) in [5, 5.41) is 9.65.